The van der Waals surface area contributed by atoms with Gasteiger partial charge in [-0.1, -0.05) is 25.3 Å². The number of hydrogen-bond acceptors (Lipinski definition) is 6. The Hall–Kier alpha value is -3.23. The molecule has 4 rings (SSSR count). The highest BCUT2D eigenvalue weighted by atomic mass is 16.5. The number of amides is 3. The number of fused-ring (bicyclic) bond motifs is 1. The maximum atomic E-state index is 12.9. The Bertz CT molecular complexity index is 1090. The molecule has 9 heteroatoms. The number of aromatic nitrogens is 2. The van der Waals surface area contributed by atoms with Crippen molar-refractivity contribution < 1.29 is 19.1 Å². The first kappa shape index (κ1) is 20.1. The van der Waals surface area contributed by atoms with Gasteiger partial charge >= 0.3 is 12.0 Å². The Morgan fingerprint density at radius 2 is 1.90 bits per heavy atom. The molecule has 0 unspecified atom stereocenters. The fourth-order valence-electron chi connectivity index (χ4n) is 4.33. The molecule has 3 heterocycles. The van der Waals surface area contributed by atoms with Crippen LogP contribution in [0.4, 0.5) is 4.79 Å². The molecule has 0 atom stereocenters. The number of likely N-dealkylation sites (N-methyl/N-ethyl adjacent to an activating group) is 1. The lowest BCUT2D eigenvalue weighted by Crippen LogP contribution is -2.49. The van der Waals surface area contributed by atoms with Crippen LogP contribution in [0, 0.1) is 6.92 Å². The average Bonchev–Trinajstić information content (AvgIpc) is 2.90. The van der Waals surface area contributed by atoms with E-state index in [1.807, 2.05) is 13.0 Å². The molecule has 1 aliphatic heterocycles. The molecule has 1 aliphatic carbocycles. The van der Waals surface area contributed by atoms with Crippen LogP contribution >= 0.6 is 0 Å². The van der Waals surface area contributed by atoms with E-state index in [9.17, 15) is 19.2 Å². The second kappa shape index (κ2) is 7.55. The number of carbonyl (C=O) groups excluding carboxylic acids is 3. The van der Waals surface area contributed by atoms with E-state index in [1.165, 1.54) is 15.4 Å². The zero-order chi connectivity index (χ0) is 21.5. The third-order valence-electron chi connectivity index (χ3n) is 6.01. The van der Waals surface area contributed by atoms with Crippen molar-refractivity contribution in [2.75, 3.05) is 13.6 Å². The van der Waals surface area contributed by atoms with Gasteiger partial charge in [0.05, 0.1) is 5.69 Å². The van der Waals surface area contributed by atoms with Crippen LogP contribution in [-0.4, -0.2) is 56.2 Å². The average molecular weight is 412 g/mol. The largest absolute Gasteiger partial charge is 0.458 e. The van der Waals surface area contributed by atoms with Gasteiger partial charge in [-0.3, -0.25) is 23.7 Å². The molecule has 0 radical (unpaired) electrons. The summed E-state index contributed by atoms with van der Waals surface area (Å²) in [5.41, 5.74) is 0.566. The van der Waals surface area contributed by atoms with Crippen molar-refractivity contribution in [2.45, 2.75) is 51.2 Å². The molecule has 1 saturated carbocycles. The molecule has 0 bridgehead atoms. The zero-order valence-corrected chi connectivity index (χ0v) is 17.1. The Morgan fingerprint density at radius 3 is 2.63 bits per heavy atom. The number of hydrogen-bond donors (Lipinski definition) is 0. The van der Waals surface area contributed by atoms with Gasteiger partial charge in [0.1, 0.15) is 24.3 Å². The van der Waals surface area contributed by atoms with E-state index in [2.05, 4.69) is 4.98 Å². The smallest absolute Gasteiger partial charge is 0.327 e. The molecule has 2 aromatic heterocycles. The lowest BCUT2D eigenvalue weighted by molar-refractivity contribution is -0.149. The number of urea groups is 1. The predicted octanol–water partition coefficient (Wildman–Crippen LogP) is 1.64. The van der Waals surface area contributed by atoms with Crippen molar-refractivity contribution in [2.24, 2.45) is 0 Å². The van der Waals surface area contributed by atoms with Crippen molar-refractivity contribution in [1.29, 1.82) is 0 Å². The van der Waals surface area contributed by atoms with Crippen LogP contribution in [0.5, 0.6) is 0 Å². The van der Waals surface area contributed by atoms with Gasteiger partial charge in [-0.2, -0.15) is 0 Å². The summed E-state index contributed by atoms with van der Waals surface area (Å²) in [4.78, 5) is 56.9. The van der Waals surface area contributed by atoms with Gasteiger partial charge in [0.15, 0.2) is 0 Å². The fraction of sp³-hybridized carbons (Fsp3) is 0.476. The van der Waals surface area contributed by atoms with E-state index in [1.54, 1.807) is 19.3 Å². The first-order valence-corrected chi connectivity index (χ1v) is 10.1. The van der Waals surface area contributed by atoms with Gasteiger partial charge < -0.3 is 9.64 Å². The second-order valence-electron chi connectivity index (χ2n) is 8.01. The molecule has 2 aliphatic rings. The number of aryl methyl sites for hydroxylation is 1. The van der Waals surface area contributed by atoms with Gasteiger partial charge in [-0.25, -0.2) is 9.78 Å². The SMILES string of the molecule is Cc1ccc2nc(COC(=O)CN3C(=O)N(C)C4(CCCCC4)C3=O)cc(=O)n2c1. The highest BCUT2D eigenvalue weighted by Gasteiger charge is 2.55. The first-order chi connectivity index (χ1) is 14.3. The molecule has 2 aromatic rings. The maximum absolute atomic E-state index is 12.9. The quantitative estimate of drug-likeness (QED) is 0.559. The van der Waals surface area contributed by atoms with E-state index in [0.29, 0.717) is 24.2 Å². The Kier molecular flexibility index (Phi) is 5.05. The number of carbonyl (C=O) groups is 3. The topological polar surface area (TPSA) is 101 Å². The van der Waals surface area contributed by atoms with Crippen LogP contribution in [0.1, 0.15) is 43.4 Å². The van der Waals surface area contributed by atoms with E-state index in [-0.39, 0.29) is 18.1 Å². The standard InChI is InChI=1S/C21H24N4O5/c1-14-6-7-16-22-15(10-17(26)24(16)11-14)13-30-18(27)12-25-19(28)21(23(2)20(25)29)8-4-3-5-9-21/h6-7,10-11H,3-5,8-9,12-13H2,1-2H3. The minimum absolute atomic E-state index is 0.213. The third-order valence-corrected chi connectivity index (χ3v) is 6.01. The first-order valence-electron chi connectivity index (χ1n) is 10.1. The lowest BCUT2D eigenvalue weighted by atomic mass is 9.81. The Balaban J connectivity index is 1.43. The molecule has 1 spiro atoms. The number of esters is 1. The second-order valence-corrected chi connectivity index (χ2v) is 8.01. The van der Waals surface area contributed by atoms with Crippen molar-refractivity contribution in [3.05, 3.63) is 46.0 Å². The summed E-state index contributed by atoms with van der Waals surface area (Å²) < 4.78 is 6.63. The number of imide groups is 1. The van der Waals surface area contributed by atoms with Crippen LogP contribution in [0.3, 0.4) is 0 Å². The predicted molar refractivity (Wildman–Crippen MR) is 107 cm³/mol. The van der Waals surface area contributed by atoms with Crippen molar-refractivity contribution >= 4 is 23.6 Å². The number of ether oxygens (including phenoxy) is 1. The van der Waals surface area contributed by atoms with Crippen molar-refractivity contribution in [3.8, 4) is 0 Å². The molecule has 30 heavy (non-hydrogen) atoms. The molecule has 2 fully saturated rings. The summed E-state index contributed by atoms with van der Waals surface area (Å²) in [5.74, 6) is -1.05. The summed E-state index contributed by atoms with van der Waals surface area (Å²) in [7, 11) is 1.62. The van der Waals surface area contributed by atoms with Gasteiger partial charge in [-0.05, 0) is 31.4 Å². The Morgan fingerprint density at radius 1 is 1.17 bits per heavy atom. The molecular formula is C21H24N4O5. The highest BCUT2D eigenvalue weighted by Crippen LogP contribution is 2.39. The summed E-state index contributed by atoms with van der Waals surface area (Å²) >= 11 is 0. The highest BCUT2D eigenvalue weighted by molar-refractivity contribution is 6.08. The van der Waals surface area contributed by atoms with E-state index >= 15 is 0 Å². The molecule has 158 valence electrons. The van der Waals surface area contributed by atoms with E-state index in [4.69, 9.17) is 4.74 Å². The number of rotatable bonds is 4. The van der Waals surface area contributed by atoms with Crippen molar-refractivity contribution in [1.82, 2.24) is 19.2 Å². The minimum Gasteiger partial charge on any atom is -0.458 e. The number of pyridine rings is 1. The number of nitrogens with zero attached hydrogens (tertiary/aromatic N) is 4. The van der Waals surface area contributed by atoms with Gasteiger partial charge in [0.2, 0.25) is 0 Å². The summed E-state index contributed by atoms with van der Waals surface area (Å²) in [6.07, 6.45) is 5.71. The van der Waals surface area contributed by atoms with Crippen LogP contribution < -0.4 is 5.56 Å². The summed E-state index contributed by atoms with van der Waals surface area (Å²) in [6.45, 7) is 1.21. The fourth-order valence-corrected chi connectivity index (χ4v) is 4.33. The molecule has 0 aromatic carbocycles. The summed E-state index contributed by atoms with van der Waals surface area (Å²) in [6, 6.07) is 4.37. The van der Waals surface area contributed by atoms with Gasteiger partial charge in [-0.15, -0.1) is 0 Å². The van der Waals surface area contributed by atoms with Crippen LogP contribution in [0.15, 0.2) is 29.2 Å². The van der Waals surface area contributed by atoms with E-state index in [0.717, 1.165) is 29.7 Å². The normalized spacial score (nSPS) is 18.5. The van der Waals surface area contributed by atoms with Crippen LogP contribution in [0.2, 0.25) is 0 Å². The van der Waals surface area contributed by atoms with Crippen LogP contribution in [-0.2, 0) is 20.9 Å². The molecule has 1 saturated heterocycles. The van der Waals surface area contributed by atoms with Gasteiger partial charge in [0.25, 0.3) is 11.5 Å². The molecular weight excluding hydrogens is 388 g/mol. The minimum atomic E-state index is -0.831. The molecule has 0 N–H and O–H groups in total. The van der Waals surface area contributed by atoms with E-state index < -0.39 is 24.1 Å². The third kappa shape index (κ3) is 3.34. The van der Waals surface area contributed by atoms with Crippen molar-refractivity contribution in [3.63, 3.8) is 0 Å². The Labute approximate surface area is 173 Å². The summed E-state index contributed by atoms with van der Waals surface area (Å²) in [5, 5.41) is 0. The molecule has 3 amide bonds. The monoisotopic (exact) mass is 412 g/mol. The lowest BCUT2D eigenvalue weighted by Gasteiger charge is -2.35. The van der Waals surface area contributed by atoms with Gasteiger partial charge in [0, 0.05) is 19.3 Å². The van der Waals surface area contributed by atoms with Crippen LogP contribution in [0.25, 0.3) is 5.65 Å². The zero-order valence-electron chi connectivity index (χ0n) is 17.1. The molecule has 9 nitrogen and oxygen atoms in total. The maximum Gasteiger partial charge on any atom is 0.327 e.